The van der Waals surface area contributed by atoms with Crippen molar-refractivity contribution in [2.24, 2.45) is 0 Å². The molecule has 0 fully saturated rings. The minimum Gasteiger partial charge on any atom is -0.375 e. The maximum Gasteiger partial charge on any atom is 0.246 e. The largest absolute Gasteiger partial charge is 0.375 e. The van der Waals surface area contributed by atoms with E-state index < -0.39 is 0 Å². The summed E-state index contributed by atoms with van der Waals surface area (Å²) in [5.74, 6) is 0.0990. The fraction of sp³-hybridized carbons (Fsp3) is 0.235. The van der Waals surface area contributed by atoms with E-state index in [1.165, 1.54) is 5.56 Å². The molecule has 1 N–H and O–H groups in total. The standard InChI is InChI=1S/C17H16Br2N2O/c18-13-7-8-15(14(19)10-13)20-11-17(22)21-9-3-5-12-4-1-2-6-16(12)21/h1-2,4,6-8,10,20H,3,5,9,11H2. The molecular weight excluding hydrogens is 408 g/mol. The number of nitrogens with one attached hydrogen (secondary N) is 1. The van der Waals surface area contributed by atoms with E-state index in [9.17, 15) is 4.79 Å². The highest BCUT2D eigenvalue weighted by Gasteiger charge is 2.21. The van der Waals surface area contributed by atoms with E-state index in [4.69, 9.17) is 0 Å². The Kier molecular flexibility index (Phi) is 4.84. The van der Waals surface area contributed by atoms with Crippen molar-refractivity contribution in [1.82, 2.24) is 0 Å². The Labute approximate surface area is 147 Å². The second-order valence-electron chi connectivity index (χ2n) is 5.26. The van der Waals surface area contributed by atoms with E-state index in [2.05, 4.69) is 43.2 Å². The van der Waals surface area contributed by atoms with Crippen molar-refractivity contribution in [2.75, 3.05) is 23.3 Å². The molecule has 3 rings (SSSR count). The molecular formula is C17H16Br2N2O. The fourth-order valence-electron chi connectivity index (χ4n) is 2.69. The smallest absolute Gasteiger partial charge is 0.246 e. The predicted molar refractivity (Wildman–Crippen MR) is 97.4 cm³/mol. The molecule has 2 aromatic carbocycles. The van der Waals surface area contributed by atoms with Crippen molar-refractivity contribution in [3.05, 3.63) is 57.0 Å². The van der Waals surface area contributed by atoms with Crippen LogP contribution in [0.5, 0.6) is 0 Å². The van der Waals surface area contributed by atoms with Crippen LogP contribution in [-0.2, 0) is 11.2 Å². The van der Waals surface area contributed by atoms with Gasteiger partial charge in [-0.3, -0.25) is 4.79 Å². The monoisotopic (exact) mass is 422 g/mol. The Balaban J connectivity index is 1.70. The van der Waals surface area contributed by atoms with Crippen molar-refractivity contribution in [1.29, 1.82) is 0 Å². The molecule has 0 aromatic heterocycles. The average molecular weight is 424 g/mol. The first kappa shape index (κ1) is 15.6. The van der Waals surface area contributed by atoms with E-state index in [-0.39, 0.29) is 12.5 Å². The van der Waals surface area contributed by atoms with Gasteiger partial charge in [0.25, 0.3) is 0 Å². The van der Waals surface area contributed by atoms with Gasteiger partial charge in [-0.05, 0) is 58.6 Å². The molecule has 0 bridgehead atoms. The van der Waals surface area contributed by atoms with E-state index in [0.717, 1.165) is 39.7 Å². The van der Waals surface area contributed by atoms with Gasteiger partial charge in [0.2, 0.25) is 5.91 Å². The summed E-state index contributed by atoms with van der Waals surface area (Å²) in [4.78, 5) is 14.4. The Morgan fingerprint density at radius 2 is 2.00 bits per heavy atom. The number of carbonyl (C=O) groups excluding carboxylic acids is 1. The Hall–Kier alpha value is -1.33. The van der Waals surface area contributed by atoms with Gasteiger partial charge in [0.15, 0.2) is 0 Å². The molecule has 0 aliphatic carbocycles. The van der Waals surface area contributed by atoms with Crippen molar-refractivity contribution < 1.29 is 4.79 Å². The molecule has 0 saturated carbocycles. The summed E-state index contributed by atoms with van der Waals surface area (Å²) in [6.45, 7) is 1.08. The quantitative estimate of drug-likeness (QED) is 0.782. The summed E-state index contributed by atoms with van der Waals surface area (Å²) >= 11 is 6.93. The second-order valence-corrected chi connectivity index (χ2v) is 7.03. The first-order valence-corrected chi connectivity index (χ1v) is 8.81. The van der Waals surface area contributed by atoms with Crippen LogP contribution in [0.25, 0.3) is 0 Å². The lowest BCUT2D eigenvalue weighted by Gasteiger charge is -2.29. The maximum atomic E-state index is 12.6. The zero-order valence-corrected chi connectivity index (χ0v) is 15.2. The van der Waals surface area contributed by atoms with Crippen LogP contribution in [0.15, 0.2) is 51.4 Å². The van der Waals surface area contributed by atoms with Gasteiger partial charge in [-0.2, -0.15) is 0 Å². The molecule has 1 aliphatic rings. The van der Waals surface area contributed by atoms with Crippen LogP contribution in [-0.4, -0.2) is 19.0 Å². The van der Waals surface area contributed by atoms with Crippen LogP contribution in [0, 0.1) is 0 Å². The van der Waals surface area contributed by atoms with E-state index in [0.29, 0.717) is 0 Å². The SMILES string of the molecule is O=C(CNc1ccc(Br)cc1Br)N1CCCc2ccccc21. The van der Waals surface area contributed by atoms with E-state index in [1.807, 2.05) is 41.3 Å². The number of carbonyl (C=O) groups is 1. The van der Waals surface area contributed by atoms with E-state index in [1.54, 1.807) is 0 Å². The number of fused-ring (bicyclic) bond motifs is 1. The highest BCUT2D eigenvalue weighted by Crippen LogP contribution is 2.28. The molecule has 5 heteroatoms. The second kappa shape index (κ2) is 6.84. The molecule has 2 aromatic rings. The van der Waals surface area contributed by atoms with Gasteiger partial charge in [-0.1, -0.05) is 34.1 Å². The molecule has 1 aliphatic heterocycles. The van der Waals surface area contributed by atoms with Crippen LogP contribution < -0.4 is 10.2 Å². The third kappa shape index (κ3) is 3.36. The molecule has 22 heavy (non-hydrogen) atoms. The van der Waals surface area contributed by atoms with Crippen LogP contribution in [0.1, 0.15) is 12.0 Å². The number of halogens is 2. The Morgan fingerprint density at radius 3 is 2.82 bits per heavy atom. The van der Waals surface area contributed by atoms with Crippen molar-refractivity contribution >= 4 is 49.1 Å². The number of hydrogen-bond acceptors (Lipinski definition) is 2. The number of hydrogen-bond donors (Lipinski definition) is 1. The molecule has 1 heterocycles. The predicted octanol–water partition coefficient (Wildman–Crippen LogP) is 4.60. The lowest BCUT2D eigenvalue weighted by molar-refractivity contribution is -0.117. The van der Waals surface area contributed by atoms with Gasteiger partial charge in [0.05, 0.1) is 6.54 Å². The molecule has 0 saturated heterocycles. The topological polar surface area (TPSA) is 32.3 Å². The van der Waals surface area contributed by atoms with Gasteiger partial charge in [-0.25, -0.2) is 0 Å². The number of nitrogens with zero attached hydrogens (tertiary/aromatic N) is 1. The van der Waals surface area contributed by atoms with Crippen LogP contribution >= 0.6 is 31.9 Å². The van der Waals surface area contributed by atoms with Gasteiger partial charge < -0.3 is 10.2 Å². The molecule has 3 nitrogen and oxygen atoms in total. The summed E-state index contributed by atoms with van der Waals surface area (Å²) in [6, 6.07) is 14.0. The summed E-state index contributed by atoms with van der Waals surface area (Å²) in [5, 5.41) is 3.21. The van der Waals surface area contributed by atoms with Gasteiger partial charge >= 0.3 is 0 Å². The molecule has 0 unspecified atom stereocenters. The molecule has 0 radical (unpaired) electrons. The molecule has 0 spiro atoms. The zero-order valence-electron chi connectivity index (χ0n) is 12.0. The fourth-order valence-corrected chi connectivity index (χ4v) is 3.88. The first-order valence-electron chi connectivity index (χ1n) is 7.22. The van der Waals surface area contributed by atoms with Gasteiger partial charge in [-0.15, -0.1) is 0 Å². The Morgan fingerprint density at radius 1 is 1.18 bits per heavy atom. The van der Waals surface area contributed by atoms with Crippen LogP contribution in [0.2, 0.25) is 0 Å². The third-order valence-electron chi connectivity index (χ3n) is 3.77. The Bertz CT molecular complexity index is 703. The van der Waals surface area contributed by atoms with Crippen molar-refractivity contribution in [2.45, 2.75) is 12.8 Å². The third-order valence-corrected chi connectivity index (χ3v) is 4.92. The summed E-state index contributed by atoms with van der Waals surface area (Å²) < 4.78 is 1.94. The van der Waals surface area contributed by atoms with Gasteiger partial charge in [0, 0.05) is 26.9 Å². The minimum atomic E-state index is 0.0990. The molecule has 1 amide bonds. The highest BCUT2D eigenvalue weighted by molar-refractivity contribution is 9.11. The summed E-state index contributed by atoms with van der Waals surface area (Å²) in [5.41, 5.74) is 3.23. The lowest BCUT2D eigenvalue weighted by atomic mass is 10.0. The van der Waals surface area contributed by atoms with Crippen LogP contribution in [0.4, 0.5) is 11.4 Å². The number of para-hydroxylation sites is 1. The molecule has 0 atom stereocenters. The van der Waals surface area contributed by atoms with Crippen molar-refractivity contribution in [3.63, 3.8) is 0 Å². The van der Waals surface area contributed by atoms with Crippen LogP contribution in [0.3, 0.4) is 0 Å². The number of aryl methyl sites for hydroxylation is 1. The zero-order chi connectivity index (χ0) is 15.5. The highest BCUT2D eigenvalue weighted by atomic mass is 79.9. The molecule has 114 valence electrons. The lowest BCUT2D eigenvalue weighted by Crippen LogP contribution is -2.39. The van der Waals surface area contributed by atoms with Gasteiger partial charge in [0.1, 0.15) is 0 Å². The number of rotatable bonds is 3. The summed E-state index contributed by atoms with van der Waals surface area (Å²) in [7, 11) is 0. The number of anilines is 2. The van der Waals surface area contributed by atoms with Crippen molar-refractivity contribution in [3.8, 4) is 0 Å². The first-order chi connectivity index (χ1) is 10.6. The maximum absolute atomic E-state index is 12.6. The number of amides is 1. The number of benzene rings is 2. The van der Waals surface area contributed by atoms with E-state index >= 15 is 0 Å². The average Bonchev–Trinajstić information content (AvgIpc) is 2.53. The summed E-state index contributed by atoms with van der Waals surface area (Å²) in [6.07, 6.45) is 2.07. The minimum absolute atomic E-state index is 0.0990. The normalized spacial score (nSPS) is 13.6.